The molecule has 3 heterocycles. The van der Waals surface area contributed by atoms with Gasteiger partial charge in [0.1, 0.15) is 5.56 Å². The van der Waals surface area contributed by atoms with Crippen molar-refractivity contribution in [3.8, 4) is 5.82 Å². The molecule has 0 saturated heterocycles. The van der Waals surface area contributed by atoms with E-state index in [0.717, 1.165) is 25.0 Å². The Bertz CT molecular complexity index is 966. The maximum atomic E-state index is 13.0. The summed E-state index contributed by atoms with van der Waals surface area (Å²) in [5.41, 5.74) is 2.61. The Labute approximate surface area is 156 Å². The highest BCUT2D eigenvalue weighted by Gasteiger charge is 2.29. The van der Waals surface area contributed by atoms with Crippen LogP contribution >= 0.6 is 11.3 Å². The predicted molar refractivity (Wildman–Crippen MR) is 101 cm³/mol. The zero-order valence-electron chi connectivity index (χ0n) is 15.4. The molecule has 4 rings (SSSR count). The minimum Gasteiger partial charge on any atom is -0.298 e. The van der Waals surface area contributed by atoms with Gasteiger partial charge in [0.25, 0.3) is 5.91 Å². The SMILES string of the molecule is Cc1nn(C)c(-n2cccn2)c1C(=O)Nc1nc2c(s1)CC(C)(C)CC2. The molecule has 0 aromatic carbocycles. The van der Waals surface area contributed by atoms with Crippen molar-refractivity contribution in [1.82, 2.24) is 24.5 Å². The van der Waals surface area contributed by atoms with Crippen LogP contribution in [-0.4, -0.2) is 30.5 Å². The molecule has 0 aliphatic heterocycles. The second kappa shape index (κ2) is 6.05. The fourth-order valence-corrected chi connectivity index (χ4v) is 4.74. The van der Waals surface area contributed by atoms with E-state index < -0.39 is 0 Å². The first-order chi connectivity index (χ1) is 12.3. The van der Waals surface area contributed by atoms with E-state index in [9.17, 15) is 4.79 Å². The molecule has 1 amide bonds. The summed E-state index contributed by atoms with van der Waals surface area (Å²) in [5.74, 6) is 0.443. The van der Waals surface area contributed by atoms with Crippen LogP contribution in [0.1, 0.15) is 46.9 Å². The lowest BCUT2D eigenvalue weighted by Crippen LogP contribution is -2.20. The van der Waals surface area contributed by atoms with E-state index in [1.807, 2.05) is 20.0 Å². The number of hydrogen-bond acceptors (Lipinski definition) is 5. The number of aromatic nitrogens is 5. The molecule has 0 spiro atoms. The number of nitrogens with zero attached hydrogens (tertiary/aromatic N) is 5. The molecule has 0 bridgehead atoms. The van der Waals surface area contributed by atoms with Gasteiger partial charge in [-0.3, -0.25) is 10.1 Å². The lowest BCUT2D eigenvalue weighted by molar-refractivity contribution is 0.102. The molecule has 26 heavy (non-hydrogen) atoms. The Morgan fingerprint density at radius 2 is 2.19 bits per heavy atom. The van der Waals surface area contributed by atoms with Gasteiger partial charge in [-0.05, 0) is 37.7 Å². The number of carbonyl (C=O) groups excluding carboxylic acids is 1. The van der Waals surface area contributed by atoms with Crippen LogP contribution in [-0.2, 0) is 19.9 Å². The van der Waals surface area contributed by atoms with Crippen molar-refractivity contribution in [2.45, 2.75) is 40.0 Å². The number of aryl methyl sites for hydroxylation is 3. The van der Waals surface area contributed by atoms with Crippen molar-refractivity contribution in [2.75, 3.05) is 5.32 Å². The van der Waals surface area contributed by atoms with Crippen LogP contribution in [0.2, 0.25) is 0 Å². The molecule has 7 nitrogen and oxygen atoms in total. The molecular weight excluding hydrogens is 348 g/mol. The molecule has 0 saturated carbocycles. The second-order valence-electron chi connectivity index (χ2n) is 7.54. The van der Waals surface area contributed by atoms with E-state index in [4.69, 9.17) is 0 Å². The molecule has 0 radical (unpaired) electrons. The van der Waals surface area contributed by atoms with Gasteiger partial charge in [0, 0.05) is 24.3 Å². The molecular formula is C18H22N6OS. The van der Waals surface area contributed by atoms with Crippen molar-refractivity contribution in [1.29, 1.82) is 0 Å². The molecule has 0 unspecified atom stereocenters. The van der Waals surface area contributed by atoms with Gasteiger partial charge in [-0.15, -0.1) is 11.3 Å². The normalized spacial score (nSPS) is 15.7. The van der Waals surface area contributed by atoms with Crippen molar-refractivity contribution in [3.05, 3.63) is 40.3 Å². The predicted octanol–water partition coefficient (Wildman–Crippen LogP) is 3.14. The van der Waals surface area contributed by atoms with Crippen molar-refractivity contribution >= 4 is 22.4 Å². The van der Waals surface area contributed by atoms with Gasteiger partial charge in [0.05, 0.1) is 11.4 Å². The van der Waals surface area contributed by atoms with Crippen LogP contribution in [0.5, 0.6) is 0 Å². The van der Waals surface area contributed by atoms with Gasteiger partial charge < -0.3 is 0 Å². The fraction of sp³-hybridized carbons (Fsp3) is 0.444. The first-order valence-corrected chi connectivity index (χ1v) is 9.49. The van der Waals surface area contributed by atoms with Crippen LogP contribution in [0.3, 0.4) is 0 Å². The molecule has 136 valence electrons. The highest BCUT2D eigenvalue weighted by Crippen LogP contribution is 2.38. The standard InChI is InChI=1S/C18H22N6OS/c1-11-14(16(23(4)22-11)24-9-5-8-19-24)15(25)21-17-20-12-6-7-18(2,3)10-13(12)26-17/h5,8-9H,6-7,10H2,1-4H3,(H,20,21,25). The largest absolute Gasteiger partial charge is 0.298 e. The molecule has 3 aromatic heterocycles. The molecule has 8 heteroatoms. The van der Waals surface area contributed by atoms with E-state index in [0.29, 0.717) is 27.6 Å². The number of fused-ring (bicyclic) bond motifs is 1. The molecule has 0 fully saturated rings. The summed E-state index contributed by atoms with van der Waals surface area (Å²) >= 11 is 1.58. The lowest BCUT2D eigenvalue weighted by atomic mass is 9.79. The summed E-state index contributed by atoms with van der Waals surface area (Å²) in [4.78, 5) is 18.9. The summed E-state index contributed by atoms with van der Waals surface area (Å²) in [6, 6.07) is 1.82. The summed E-state index contributed by atoms with van der Waals surface area (Å²) in [6.45, 7) is 6.39. The van der Waals surface area contributed by atoms with Gasteiger partial charge in [0.15, 0.2) is 10.9 Å². The first-order valence-electron chi connectivity index (χ1n) is 8.67. The van der Waals surface area contributed by atoms with Crippen molar-refractivity contribution in [3.63, 3.8) is 0 Å². The number of anilines is 1. The third-order valence-electron chi connectivity index (χ3n) is 4.82. The topological polar surface area (TPSA) is 77.6 Å². The number of rotatable bonds is 3. The molecule has 1 aliphatic rings. The number of thiazole rings is 1. The molecule has 3 aromatic rings. The van der Waals surface area contributed by atoms with E-state index in [-0.39, 0.29) is 5.91 Å². The van der Waals surface area contributed by atoms with Gasteiger partial charge in [-0.1, -0.05) is 13.8 Å². The van der Waals surface area contributed by atoms with Gasteiger partial charge in [0.2, 0.25) is 0 Å². The third-order valence-corrected chi connectivity index (χ3v) is 5.83. The monoisotopic (exact) mass is 370 g/mol. The quantitative estimate of drug-likeness (QED) is 0.768. The maximum Gasteiger partial charge on any atom is 0.263 e. The number of carbonyl (C=O) groups is 1. The highest BCUT2D eigenvalue weighted by atomic mass is 32.1. The van der Waals surface area contributed by atoms with Crippen LogP contribution < -0.4 is 5.32 Å². The van der Waals surface area contributed by atoms with E-state index in [2.05, 4.69) is 34.3 Å². The van der Waals surface area contributed by atoms with Gasteiger partial charge >= 0.3 is 0 Å². The molecule has 1 aliphatic carbocycles. The van der Waals surface area contributed by atoms with E-state index >= 15 is 0 Å². The Hall–Kier alpha value is -2.48. The average molecular weight is 370 g/mol. The second-order valence-corrected chi connectivity index (χ2v) is 8.63. The average Bonchev–Trinajstić information content (AvgIpc) is 3.24. The summed E-state index contributed by atoms with van der Waals surface area (Å²) in [7, 11) is 1.81. The van der Waals surface area contributed by atoms with Crippen LogP contribution in [0.25, 0.3) is 5.82 Å². The Kier molecular flexibility index (Phi) is 3.95. The Morgan fingerprint density at radius 1 is 1.38 bits per heavy atom. The Balaban J connectivity index is 1.64. The van der Waals surface area contributed by atoms with E-state index in [1.54, 1.807) is 33.1 Å². The van der Waals surface area contributed by atoms with Crippen molar-refractivity contribution in [2.24, 2.45) is 12.5 Å². The lowest BCUT2D eigenvalue weighted by Gasteiger charge is -2.28. The minimum atomic E-state index is -0.202. The summed E-state index contributed by atoms with van der Waals surface area (Å²) < 4.78 is 3.33. The van der Waals surface area contributed by atoms with Crippen LogP contribution in [0.4, 0.5) is 5.13 Å². The Morgan fingerprint density at radius 3 is 2.92 bits per heavy atom. The number of amides is 1. The minimum absolute atomic E-state index is 0.202. The third kappa shape index (κ3) is 2.94. The first kappa shape index (κ1) is 17.0. The fourth-order valence-electron chi connectivity index (χ4n) is 3.48. The number of hydrogen-bond donors (Lipinski definition) is 1. The number of nitrogens with one attached hydrogen (secondary N) is 1. The van der Waals surface area contributed by atoms with E-state index in [1.165, 1.54) is 4.88 Å². The van der Waals surface area contributed by atoms with Gasteiger partial charge in [-0.25, -0.2) is 14.3 Å². The van der Waals surface area contributed by atoms with Gasteiger partial charge in [-0.2, -0.15) is 10.2 Å². The summed E-state index contributed by atoms with van der Waals surface area (Å²) in [5, 5.41) is 12.3. The molecule has 1 N–H and O–H groups in total. The maximum absolute atomic E-state index is 13.0. The van der Waals surface area contributed by atoms with Crippen LogP contribution in [0.15, 0.2) is 18.5 Å². The zero-order chi connectivity index (χ0) is 18.5. The zero-order valence-corrected chi connectivity index (χ0v) is 16.2. The highest BCUT2D eigenvalue weighted by molar-refractivity contribution is 7.15. The van der Waals surface area contributed by atoms with Crippen molar-refractivity contribution < 1.29 is 4.79 Å². The van der Waals surface area contributed by atoms with Crippen LogP contribution in [0, 0.1) is 12.3 Å². The molecule has 0 atom stereocenters. The smallest absolute Gasteiger partial charge is 0.263 e. The summed E-state index contributed by atoms with van der Waals surface area (Å²) in [6.07, 6.45) is 6.60.